The Morgan fingerprint density at radius 1 is 1.17 bits per heavy atom. The Labute approximate surface area is 180 Å². The van der Waals surface area contributed by atoms with E-state index in [1.807, 2.05) is 44.2 Å². The number of hydrogen-bond donors (Lipinski definition) is 3. The summed E-state index contributed by atoms with van der Waals surface area (Å²) in [6.45, 7) is 4.75. The molecule has 164 valence electrons. The SMILES string of the molecule is CC(=O)N1C(Sc2ccccc2)CCC1C(=O)NC(CC(C)C)C(=O)NCC(=O)O. The molecule has 30 heavy (non-hydrogen) atoms. The van der Waals surface area contributed by atoms with E-state index in [0.717, 1.165) is 4.90 Å². The van der Waals surface area contributed by atoms with E-state index in [0.29, 0.717) is 19.3 Å². The fourth-order valence-corrected chi connectivity index (χ4v) is 4.78. The maximum absolute atomic E-state index is 13.0. The molecule has 0 spiro atoms. The summed E-state index contributed by atoms with van der Waals surface area (Å²) < 4.78 is 0. The number of amides is 3. The zero-order valence-electron chi connectivity index (χ0n) is 17.5. The molecule has 1 aromatic rings. The molecule has 3 unspecified atom stereocenters. The summed E-state index contributed by atoms with van der Waals surface area (Å²) in [6, 6.07) is 8.17. The van der Waals surface area contributed by atoms with Gasteiger partial charge >= 0.3 is 5.97 Å². The van der Waals surface area contributed by atoms with Crippen LogP contribution in [0.5, 0.6) is 0 Å². The summed E-state index contributed by atoms with van der Waals surface area (Å²) in [5.41, 5.74) is 0. The lowest BCUT2D eigenvalue weighted by Gasteiger charge is -2.29. The Morgan fingerprint density at radius 2 is 1.83 bits per heavy atom. The van der Waals surface area contributed by atoms with Crippen LogP contribution in [0, 0.1) is 5.92 Å². The lowest BCUT2D eigenvalue weighted by molar-refractivity contribution is -0.140. The van der Waals surface area contributed by atoms with E-state index in [1.54, 1.807) is 4.90 Å². The van der Waals surface area contributed by atoms with Crippen LogP contribution in [-0.2, 0) is 19.2 Å². The molecule has 0 aliphatic carbocycles. The minimum atomic E-state index is -1.16. The summed E-state index contributed by atoms with van der Waals surface area (Å²) >= 11 is 1.54. The summed E-state index contributed by atoms with van der Waals surface area (Å²) in [6.07, 6.45) is 1.53. The third-order valence-electron chi connectivity index (χ3n) is 4.77. The van der Waals surface area contributed by atoms with Crippen LogP contribution in [0.15, 0.2) is 35.2 Å². The van der Waals surface area contributed by atoms with E-state index >= 15 is 0 Å². The van der Waals surface area contributed by atoms with Gasteiger partial charge in [-0.3, -0.25) is 19.2 Å². The molecular formula is C21H29N3O5S. The molecule has 1 saturated heterocycles. The first-order valence-electron chi connectivity index (χ1n) is 9.99. The Balaban J connectivity index is 2.09. The van der Waals surface area contributed by atoms with Crippen molar-refractivity contribution < 1.29 is 24.3 Å². The number of nitrogens with one attached hydrogen (secondary N) is 2. The number of carbonyl (C=O) groups is 4. The molecule has 0 saturated carbocycles. The van der Waals surface area contributed by atoms with E-state index in [2.05, 4.69) is 10.6 Å². The first kappa shape index (κ1) is 23.7. The number of aliphatic carboxylic acids is 1. The molecule has 0 bridgehead atoms. The highest BCUT2D eigenvalue weighted by Crippen LogP contribution is 2.36. The normalized spacial score (nSPS) is 19.4. The van der Waals surface area contributed by atoms with Gasteiger partial charge in [0.25, 0.3) is 0 Å². The number of thioether (sulfide) groups is 1. The van der Waals surface area contributed by atoms with Gasteiger partial charge in [-0.25, -0.2) is 0 Å². The maximum Gasteiger partial charge on any atom is 0.322 e. The fourth-order valence-electron chi connectivity index (χ4n) is 3.49. The van der Waals surface area contributed by atoms with Crippen LogP contribution >= 0.6 is 11.8 Å². The molecule has 1 aromatic carbocycles. The van der Waals surface area contributed by atoms with Gasteiger partial charge in [0.1, 0.15) is 18.6 Å². The minimum absolute atomic E-state index is 0.111. The lowest BCUT2D eigenvalue weighted by Crippen LogP contribution is -2.54. The molecule has 1 aliphatic rings. The fraction of sp³-hybridized carbons (Fsp3) is 0.524. The number of rotatable bonds is 9. The second kappa shape index (κ2) is 11.0. The standard InChI is InChI=1S/C21H29N3O5S/c1-13(2)11-16(20(28)22-12-19(26)27)23-21(29)17-9-10-18(24(17)14(3)25)30-15-7-5-4-6-8-15/h4-8,13,16-18H,9-12H2,1-3H3,(H,22,28)(H,23,29)(H,26,27). The highest BCUT2D eigenvalue weighted by Gasteiger charge is 2.41. The van der Waals surface area contributed by atoms with E-state index in [4.69, 9.17) is 5.11 Å². The molecular weight excluding hydrogens is 406 g/mol. The Morgan fingerprint density at radius 3 is 2.40 bits per heavy atom. The molecule has 2 rings (SSSR count). The molecule has 1 fully saturated rings. The number of hydrogen-bond acceptors (Lipinski definition) is 5. The Kier molecular flexibility index (Phi) is 8.71. The van der Waals surface area contributed by atoms with Crippen molar-refractivity contribution in [2.75, 3.05) is 6.54 Å². The van der Waals surface area contributed by atoms with Crippen molar-refractivity contribution in [3.8, 4) is 0 Å². The average Bonchev–Trinajstić information content (AvgIpc) is 3.09. The van der Waals surface area contributed by atoms with Crippen LogP contribution in [-0.4, -0.2) is 57.7 Å². The van der Waals surface area contributed by atoms with Crippen molar-refractivity contribution in [3.05, 3.63) is 30.3 Å². The van der Waals surface area contributed by atoms with Crippen molar-refractivity contribution in [1.82, 2.24) is 15.5 Å². The molecule has 0 radical (unpaired) electrons. The van der Waals surface area contributed by atoms with Gasteiger partial charge in [-0.15, -0.1) is 11.8 Å². The number of carboxylic acid groups (broad SMARTS) is 1. The Bertz CT molecular complexity index is 771. The molecule has 3 atom stereocenters. The van der Waals surface area contributed by atoms with Gasteiger partial charge in [-0.1, -0.05) is 32.0 Å². The van der Waals surface area contributed by atoms with Gasteiger partial charge in [0.15, 0.2) is 0 Å². The van der Waals surface area contributed by atoms with Gasteiger partial charge in [0, 0.05) is 11.8 Å². The minimum Gasteiger partial charge on any atom is -0.480 e. The highest BCUT2D eigenvalue weighted by atomic mass is 32.2. The summed E-state index contributed by atoms with van der Waals surface area (Å²) in [4.78, 5) is 51.0. The van der Waals surface area contributed by atoms with E-state index in [9.17, 15) is 19.2 Å². The van der Waals surface area contributed by atoms with Crippen LogP contribution < -0.4 is 10.6 Å². The Hall–Kier alpha value is -2.55. The predicted molar refractivity (Wildman–Crippen MR) is 114 cm³/mol. The highest BCUT2D eigenvalue weighted by molar-refractivity contribution is 7.99. The molecule has 0 aromatic heterocycles. The van der Waals surface area contributed by atoms with E-state index in [1.165, 1.54) is 18.7 Å². The molecule has 1 aliphatic heterocycles. The monoisotopic (exact) mass is 435 g/mol. The molecule has 9 heteroatoms. The zero-order chi connectivity index (χ0) is 22.3. The second-order valence-electron chi connectivity index (χ2n) is 7.71. The van der Waals surface area contributed by atoms with Crippen LogP contribution in [0.3, 0.4) is 0 Å². The first-order chi connectivity index (χ1) is 14.2. The average molecular weight is 436 g/mol. The maximum atomic E-state index is 13.0. The third-order valence-corrected chi connectivity index (χ3v) is 6.05. The molecule has 3 amide bonds. The van der Waals surface area contributed by atoms with Crippen LogP contribution in [0.4, 0.5) is 0 Å². The van der Waals surface area contributed by atoms with E-state index < -0.39 is 36.4 Å². The van der Waals surface area contributed by atoms with Crippen molar-refractivity contribution >= 4 is 35.5 Å². The summed E-state index contributed by atoms with van der Waals surface area (Å²) in [5.74, 6) is -2.17. The van der Waals surface area contributed by atoms with Gasteiger partial charge in [0.2, 0.25) is 17.7 Å². The summed E-state index contributed by atoms with van der Waals surface area (Å²) in [5, 5.41) is 13.7. The second-order valence-corrected chi connectivity index (χ2v) is 8.96. The van der Waals surface area contributed by atoms with Gasteiger partial charge < -0.3 is 20.6 Å². The third kappa shape index (κ3) is 6.76. The van der Waals surface area contributed by atoms with Gasteiger partial charge in [-0.2, -0.15) is 0 Å². The number of likely N-dealkylation sites (tertiary alicyclic amines) is 1. The van der Waals surface area contributed by atoms with E-state index in [-0.39, 0.29) is 17.2 Å². The number of nitrogens with zero attached hydrogens (tertiary/aromatic N) is 1. The van der Waals surface area contributed by atoms with Crippen LogP contribution in [0.25, 0.3) is 0 Å². The molecule has 1 heterocycles. The number of carbonyl (C=O) groups excluding carboxylic acids is 3. The van der Waals surface area contributed by atoms with Crippen molar-refractivity contribution in [2.24, 2.45) is 5.92 Å². The first-order valence-corrected chi connectivity index (χ1v) is 10.9. The zero-order valence-corrected chi connectivity index (χ0v) is 18.3. The van der Waals surface area contributed by atoms with Crippen molar-refractivity contribution in [2.45, 2.75) is 62.4 Å². The predicted octanol–water partition coefficient (Wildman–Crippen LogP) is 1.85. The van der Waals surface area contributed by atoms with Gasteiger partial charge in [-0.05, 0) is 37.3 Å². The quantitative estimate of drug-likeness (QED) is 0.545. The number of carboxylic acids is 1. The number of benzene rings is 1. The molecule has 3 N–H and O–H groups in total. The topological polar surface area (TPSA) is 116 Å². The largest absolute Gasteiger partial charge is 0.480 e. The smallest absolute Gasteiger partial charge is 0.322 e. The van der Waals surface area contributed by atoms with Gasteiger partial charge in [0.05, 0.1) is 5.37 Å². The molecule has 8 nitrogen and oxygen atoms in total. The van der Waals surface area contributed by atoms with Crippen molar-refractivity contribution in [1.29, 1.82) is 0 Å². The van der Waals surface area contributed by atoms with Crippen LogP contribution in [0.1, 0.15) is 40.0 Å². The lowest BCUT2D eigenvalue weighted by atomic mass is 10.0. The summed E-state index contributed by atoms with van der Waals surface area (Å²) in [7, 11) is 0. The van der Waals surface area contributed by atoms with Crippen LogP contribution in [0.2, 0.25) is 0 Å². The van der Waals surface area contributed by atoms with Crippen molar-refractivity contribution in [3.63, 3.8) is 0 Å².